The standard InChI is InChI=1S/C14H20N2O4S/c1-10(17)16-21(19,20)12-7-5-11(6-8-12)15-13(18)9-14(2,3)4/h5-8H,9H2,1-4H3,(H,15,18)(H,16,17). The van der Waals surface area contributed by atoms with Gasteiger partial charge in [-0.3, -0.25) is 9.59 Å². The molecule has 1 aromatic carbocycles. The number of amides is 2. The molecule has 6 nitrogen and oxygen atoms in total. The summed E-state index contributed by atoms with van der Waals surface area (Å²) in [5.41, 5.74) is 0.379. The molecule has 0 saturated heterocycles. The van der Waals surface area contributed by atoms with Crippen molar-refractivity contribution in [1.29, 1.82) is 0 Å². The molecule has 0 bridgehead atoms. The second-order valence-corrected chi connectivity index (χ2v) is 7.65. The Hall–Kier alpha value is -1.89. The number of hydrogen-bond acceptors (Lipinski definition) is 4. The van der Waals surface area contributed by atoms with E-state index in [1.807, 2.05) is 25.5 Å². The molecule has 1 rings (SSSR count). The second-order valence-electron chi connectivity index (χ2n) is 5.97. The van der Waals surface area contributed by atoms with Crippen molar-refractivity contribution in [3.63, 3.8) is 0 Å². The maximum atomic E-state index is 11.8. The summed E-state index contributed by atoms with van der Waals surface area (Å²) in [4.78, 5) is 22.6. The first-order valence-corrected chi connectivity index (χ1v) is 7.91. The largest absolute Gasteiger partial charge is 0.326 e. The highest BCUT2D eigenvalue weighted by molar-refractivity contribution is 7.90. The zero-order valence-corrected chi connectivity index (χ0v) is 13.4. The predicted molar refractivity (Wildman–Crippen MR) is 80.1 cm³/mol. The van der Waals surface area contributed by atoms with E-state index >= 15 is 0 Å². The lowest BCUT2D eigenvalue weighted by Gasteiger charge is -2.17. The van der Waals surface area contributed by atoms with E-state index in [2.05, 4.69) is 5.32 Å². The molecule has 0 heterocycles. The maximum absolute atomic E-state index is 11.8. The average Bonchev–Trinajstić information content (AvgIpc) is 2.24. The van der Waals surface area contributed by atoms with Crippen LogP contribution in [0.25, 0.3) is 0 Å². The van der Waals surface area contributed by atoms with Gasteiger partial charge in [0.05, 0.1) is 4.90 Å². The molecule has 0 unspecified atom stereocenters. The van der Waals surface area contributed by atoms with Gasteiger partial charge in [-0.25, -0.2) is 13.1 Å². The van der Waals surface area contributed by atoms with Gasteiger partial charge in [-0.1, -0.05) is 20.8 Å². The number of anilines is 1. The molecule has 21 heavy (non-hydrogen) atoms. The molecule has 7 heteroatoms. The SMILES string of the molecule is CC(=O)NS(=O)(=O)c1ccc(NC(=O)CC(C)(C)C)cc1. The zero-order valence-electron chi connectivity index (χ0n) is 12.6. The van der Waals surface area contributed by atoms with Crippen LogP contribution in [0.15, 0.2) is 29.2 Å². The highest BCUT2D eigenvalue weighted by Gasteiger charge is 2.17. The average molecular weight is 312 g/mol. The molecule has 0 radical (unpaired) electrons. The van der Waals surface area contributed by atoms with E-state index in [9.17, 15) is 18.0 Å². The van der Waals surface area contributed by atoms with Crippen molar-refractivity contribution >= 4 is 27.5 Å². The van der Waals surface area contributed by atoms with E-state index in [1.165, 1.54) is 24.3 Å². The van der Waals surface area contributed by atoms with E-state index in [0.29, 0.717) is 12.1 Å². The first kappa shape index (κ1) is 17.2. The summed E-state index contributed by atoms with van der Waals surface area (Å²) in [6.45, 7) is 6.99. The van der Waals surface area contributed by atoms with Crippen molar-refractivity contribution in [1.82, 2.24) is 4.72 Å². The van der Waals surface area contributed by atoms with Crippen molar-refractivity contribution in [3.8, 4) is 0 Å². The van der Waals surface area contributed by atoms with E-state index in [0.717, 1.165) is 6.92 Å². The Morgan fingerprint density at radius 1 is 1.10 bits per heavy atom. The van der Waals surface area contributed by atoms with Gasteiger partial charge in [0.15, 0.2) is 0 Å². The number of sulfonamides is 1. The van der Waals surface area contributed by atoms with E-state index in [1.54, 1.807) is 0 Å². The number of rotatable bonds is 4. The lowest BCUT2D eigenvalue weighted by Crippen LogP contribution is -2.28. The van der Waals surface area contributed by atoms with Crippen LogP contribution in [0.4, 0.5) is 5.69 Å². The van der Waals surface area contributed by atoms with Gasteiger partial charge in [0.2, 0.25) is 11.8 Å². The van der Waals surface area contributed by atoms with Crippen LogP contribution < -0.4 is 10.0 Å². The van der Waals surface area contributed by atoms with Crippen molar-refractivity contribution in [3.05, 3.63) is 24.3 Å². The van der Waals surface area contributed by atoms with Gasteiger partial charge in [-0.15, -0.1) is 0 Å². The Bertz CT molecular complexity index is 628. The maximum Gasteiger partial charge on any atom is 0.264 e. The van der Waals surface area contributed by atoms with E-state index < -0.39 is 15.9 Å². The lowest BCUT2D eigenvalue weighted by atomic mass is 9.92. The topological polar surface area (TPSA) is 92.3 Å². The summed E-state index contributed by atoms with van der Waals surface area (Å²) in [6.07, 6.45) is 0.360. The quantitative estimate of drug-likeness (QED) is 0.888. The minimum atomic E-state index is -3.85. The molecule has 1 aromatic rings. The molecule has 2 N–H and O–H groups in total. The molecule has 0 saturated carbocycles. The number of carbonyl (C=O) groups is 2. The minimum absolute atomic E-state index is 0.0356. The Kier molecular flexibility index (Phi) is 5.11. The van der Waals surface area contributed by atoms with E-state index in [4.69, 9.17) is 0 Å². The zero-order chi connectivity index (χ0) is 16.3. The van der Waals surface area contributed by atoms with Crippen molar-refractivity contribution in [2.75, 3.05) is 5.32 Å². The van der Waals surface area contributed by atoms with Crippen LogP contribution in [-0.4, -0.2) is 20.2 Å². The molecule has 116 valence electrons. The molecule has 0 aliphatic heterocycles. The predicted octanol–water partition coefficient (Wildman–Crippen LogP) is 1.89. The van der Waals surface area contributed by atoms with Crippen LogP contribution in [0.2, 0.25) is 0 Å². The minimum Gasteiger partial charge on any atom is -0.326 e. The normalized spacial score (nSPS) is 11.8. The number of nitrogens with one attached hydrogen (secondary N) is 2. The van der Waals surface area contributed by atoms with Crippen LogP contribution in [0, 0.1) is 5.41 Å². The fourth-order valence-electron chi connectivity index (χ4n) is 1.65. The molecule has 0 spiro atoms. The van der Waals surface area contributed by atoms with Crippen molar-refractivity contribution < 1.29 is 18.0 Å². The van der Waals surface area contributed by atoms with Crippen LogP contribution in [0.5, 0.6) is 0 Å². The Morgan fingerprint density at radius 3 is 2.05 bits per heavy atom. The smallest absolute Gasteiger partial charge is 0.264 e. The monoisotopic (exact) mass is 312 g/mol. The molecule has 0 aliphatic rings. The first-order valence-electron chi connectivity index (χ1n) is 6.43. The summed E-state index contributed by atoms with van der Waals surface area (Å²) in [5, 5.41) is 2.70. The third-order valence-electron chi connectivity index (χ3n) is 2.42. The molecule has 0 fully saturated rings. The molecule has 2 amide bonds. The van der Waals surface area contributed by atoms with Gasteiger partial charge in [-0.2, -0.15) is 0 Å². The van der Waals surface area contributed by atoms with Crippen LogP contribution in [-0.2, 0) is 19.6 Å². The summed E-state index contributed by atoms with van der Waals surface area (Å²) >= 11 is 0. The van der Waals surface area contributed by atoms with Crippen molar-refractivity contribution in [2.45, 2.75) is 39.0 Å². The summed E-state index contributed by atoms with van der Waals surface area (Å²) < 4.78 is 25.4. The molecule has 0 aromatic heterocycles. The molecule has 0 atom stereocenters. The van der Waals surface area contributed by atoms with Gasteiger partial charge in [0.1, 0.15) is 0 Å². The Labute approximate surface area is 125 Å². The van der Waals surface area contributed by atoms with E-state index in [-0.39, 0.29) is 16.2 Å². The third-order valence-corrected chi connectivity index (χ3v) is 3.87. The number of benzene rings is 1. The molecular formula is C14H20N2O4S. The molecule has 0 aliphatic carbocycles. The number of hydrogen-bond donors (Lipinski definition) is 2. The summed E-state index contributed by atoms with van der Waals surface area (Å²) in [6, 6.07) is 5.63. The van der Waals surface area contributed by atoms with Crippen LogP contribution in [0.1, 0.15) is 34.1 Å². The third kappa shape index (κ3) is 5.95. The first-order chi connectivity index (χ1) is 9.49. The van der Waals surface area contributed by atoms with Crippen LogP contribution in [0.3, 0.4) is 0 Å². The second kappa shape index (κ2) is 6.26. The van der Waals surface area contributed by atoms with Crippen molar-refractivity contribution in [2.24, 2.45) is 5.41 Å². The van der Waals surface area contributed by atoms with Crippen LogP contribution >= 0.6 is 0 Å². The highest BCUT2D eigenvalue weighted by Crippen LogP contribution is 2.20. The van der Waals surface area contributed by atoms with Gasteiger partial charge in [-0.05, 0) is 29.7 Å². The van der Waals surface area contributed by atoms with Gasteiger partial charge >= 0.3 is 0 Å². The fraction of sp³-hybridized carbons (Fsp3) is 0.429. The summed E-state index contributed by atoms with van der Waals surface area (Å²) in [7, 11) is -3.85. The van der Waals surface area contributed by atoms with Gasteiger partial charge < -0.3 is 5.32 Å². The van der Waals surface area contributed by atoms with Gasteiger partial charge in [0.25, 0.3) is 10.0 Å². The molecular weight excluding hydrogens is 292 g/mol. The summed E-state index contributed by atoms with van der Waals surface area (Å²) in [5.74, 6) is -0.794. The lowest BCUT2D eigenvalue weighted by molar-refractivity contribution is -0.118. The Balaban J connectivity index is 2.79. The Morgan fingerprint density at radius 2 is 1.62 bits per heavy atom. The number of carbonyl (C=O) groups excluding carboxylic acids is 2. The fourth-order valence-corrected chi connectivity index (χ4v) is 2.64. The highest BCUT2D eigenvalue weighted by atomic mass is 32.2. The van der Waals surface area contributed by atoms with Gasteiger partial charge in [0, 0.05) is 19.0 Å².